The number of rotatable bonds is 7. The normalized spacial score (nSPS) is 17.8. The molecule has 0 bridgehead atoms. The van der Waals surface area contributed by atoms with Crippen LogP contribution in [0.1, 0.15) is 17.5 Å². The van der Waals surface area contributed by atoms with Gasteiger partial charge in [0.2, 0.25) is 5.91 Å². The van der Waals surface area contributed by atoms with E-state index in [4.69, 9.17) is 21.4 Å². The van der Waals surface area contributed by atoms with E-state index in [-0.39, 0.29) is 11.6 Å². The molecule has 144 valence electrons. The Morgan fingerprint density at radius 1 is 1.29 bits per heavy atom. The van der Waals surface area contributed by atoms with Crippen LogP contribution in [-0.4, -0.2) is 33.6 Å². The standard InChI is InChI=1S/C19H16ClN3O4S/c20-14-6-7-15(27-11-12-4-2-1-3-5-12)13(8-14)10-21-23-19-22-18(26)16(28-19)9-17(24)25/h1-8,10,16H,9,11H2,(H,24,25)(H,22,23,26). The van der Waals surface area contributed by atoms with Gasteiger partial charge in [-0.3, -0.25) is 9.59 Å². The third kappa shape index (κ3) is 5.58. The number of ether oxygens (including phenoxy) is 1. The molecule has 3 rings (SSSR count). The van der Waals surface area contributed by atoms with Crippen LogP contribution in [0.15, 0.2) is 58.7 Å². The third-order valence-electron chi connectivity index (χ3n) is 3.69. The highest BCUT2D eigenvalue weighted by Gasteiger charge is 2.32. The second-order valence-corrected chi connectivity index (χ2v) is 7.43. The second kappa shape index (κ2) is 9.38. The Morgan fingerprint density at radius 2 is 2.07 bits per heavy atom. The zero-order valence-corrected chi connectivity index (χ0v) is 16.1. The van der Waals surface area contributed by atoms with Gasteiger partial charge in [0.15, 0.2) is 5.17 Å². The van der Waals surface area contributed by atoms with Crippen LogP contribution in [0.25, 0.3) is 0 Å². The van der Waals surface area contributed by atoms with Crippen molar-refractivity contribution < 1.29 is 19.4 Å². The van der Waals surface area contributed by atoms with Crippen molar-refractivity contribution >= 4 is 46.6 Å². The summed E-state index contributed by atoms with van der Waals surface area (Å²) in [4.78, 5) is 22.5. The van der Waals surface area contributed by atoms with E-state index < -0.39 is 17.1 Å². The number of amidine groups is 1. The van der Waals surface area contributed by atoms with Gasteiger partial charge in [0, 0.05) is 10.6 Å². The molecular weight excluding hydrogens is 402 g/mol. The minimum atomic E-state index is -1.04. The number of hydrogen-bond acceptors (Lipinski definition) is 6. The first-order valence-corrected chi connectivity index (χ1v) is 9.53. The predicted molar refractivity (Wildman–Crippen MR) is 109 cm³/mol. The summed E-state index contributed by atoms with van der Waals surface area (Å²) in [6.45, 7) is 0.389. The smallest absolute Gasteiger partial charge is 0.305 e. The summed E-state index contributed by atoms with van der Waals surface area (Å²) < 4.78 is 5.84. The van der Waals surface area contributed by atoms with Gasteiger partial charge in [-0.15, -0.1) is 5.10 Å². The minimum Gasteiger partial charge on any atom is -0.488 e. The van der Waals surface area contributed by atoms with Crippen LogP contribution in [0.4, 0.5) is 0 Å². The van der Waals surface area contributed by atoms with Crippen LogP contribution in [0.3, 0.4) is 0 Å². The molecule has 1 aliphatic heterocycles. The molecule has 0 saturated carbocycles. The summed E-state index contributed by atoms with van der Waals surface area (Å²) in [6, 6.07) is 14.9. The van der Waals surface area contributed by atoms with E-state index in [1.165, 1.54) is 6.21 Å². The summed E-state index contributed by atoms with van der Waals surface area (Å²) in [5.41, 5.74) is 1.65. The molecule has 0 spiro atoms. The third-order valence-corrected chi connectivity index (χ3v) is 5.00. The van der Waals surface area contributed by atoms with E-state index >= 15 is 0 Å². The zero-order valence-electron chi connectivity index (χ0n) is 14.5. The van der Waals surface area contributed by atoms with Crippen molar-refractivity contribution in [3.05, 3.63) is 64.7 Å². The highest BCUT2D eigenvalue weighted by atomic mass is 35.5. The maximum Gasteiger partial charge on any atom is 0.305 e. The van der Waals surface area contributed by atoms with Gasteiger partial charge in [-0.05, 0) is 23.8 Å². The lowest BCUT2D eigenvalue weighted by Crippen LogP contribution is -2.26. The van der Waals surface area contributed by atoms with E-state index in [1.54, 1.807) is 18.2 Å². The fourth-order valence-electron chi connectivity index (χ4n) is 2.38. The van der Waals surface area contributed by atoms with Crippen molar-refractivity contribution in [2.75, 3.05) is 0 Å². The van der Waals surface area contributed by atoms with Gasteiger partial charge >= 0.3 is 5.97 Å². The molecule has 1 atom stereocenters. The van der Waals surface area contributed by atoms with Crippen LogP contribution >= 0.6 is 23.4 Å². The van der Waals surface area contributed by atoms with Crippen LogP contribution in [0.2, 0.25) is 5.02 Å². The molecule has 1 fully saturated rings. The number of carboxylic acids is 1. The number of thioether (sulfide) groups is 1. The number of hydrogen-bond donors (Lipinski definition) is 2. The molecule has 9 heteroatoms. The average Bonchev–Trinajstić information content (AvgIpc) is 3.00. The average molecular weight is 418 g/mol. The first-order chi connectivity index (χ1) is 13.5. The Labute approximate surface area is 170 Å². The summed E-state index contributed by atoms with van der Waals surface area (Å²) in [6.07, 6.45) is 1.20. The Morgan fingerprint density at radius 3 is 2.82 bits per heavy atom. The fourth-order valence-corrected chi connectivity index (χ4v) is 3.47. The number of carbonyl (C=O) groups excluding carboxylic acids is 1. The molecule has 2 aromatic carbocycles. The number of benzene rings is 2. The predicted octanol–water partition coefficient (Wildman–Crippen LogP) is 3.32. The van der Waals surface area contributed by atoms with Crippen LogP contribution in [0, 0.1) is 0 Å². The topological polar surface area (TPSA) is 100 Å². The van der Waals surface area contributed by atoms with E-state index in [0.717, 1.165) is 17.3 Å². The maximum atomic E-state index is 11.7. The van der Waals surface area contributed by atoms with Crippen molar-refractivity contribution in [2.45, 2.75) is 18.3 Å². The van der Waals surface area contributed by atoms with Crippen molar-refractivity contribution in [1.29, 1.82) is 0 Å². The zero-order chi connectivity index (χ0) is 19.9. The van der Waals surface area contributed by atoms with Gasteiger partial charge in [-0.1, -0.05) is 53.7 Å². The molecule has 1 aliphatic rings. The van der Waals surface area contributed by atoms with Crippen LogP contribution < -0.4 is 10.1 Å². The van der Waals surface area contributed by atoms with Gasteiger partial charge in [-0.2, -0.15) is 5.10 Å². The summed E-state index contributed by atoms with van der Waals surface area (Å²) in [5, 5.41) is 19.3. The molecule has 0 radical (unpaired) electrons. The first kappa shape index (κ1) is 19.9. The second-order valence-electron chi connectivity index (χ2n) is 5.80. The number of nitrogens with zero attached hydrogens (tertiary/aromatic N) is 2. The lowest BCUT2D eigenvalue weighted by molar-refractivity contribution is -0.138. The number of amides is 1. The highest BCUT2D eigenvalue weighted by Crippen LogP contribution is 2.24. The molecule has 2 N–H and O–H groups in total. The summed E-state index contributed by atoms with van der Waals surface area (Å²) >= 11 is 7.09. The quantitative estimate of drug-likeness (QED) is 0.531. The van der Waals surface area contributed by atoms with E-state index in [2.05, 4.69) is 15.5 Å². The molecular formula is C19H16ClN3O4S. The maximum absolute atomic E-state index is 11.7. The number of carboxylic acid groups (broad SMARTS) is 1. The number of nitrogens with one attached hydrogen (secondary N) is 1. The van der Waals surface area contributed by atoms with Crippen LogP contribution in [0.5, 0.6) is 5.75 Å². The molecule has 28 heavy (non-hydrogen) atoms. The van der Waals surface area contributed by atoms with Crippen molar-refractivity contribution in [3.63, 3.8) is 0 Å². The van der Waals surface area contributed by atoms with Crippen molar-refractivity contribution in [1.82, 2.24) is 5.32 Å². The number of aliphatic carboxylic acids is 1. The SMILES string of the molecule is O=C(O)CC1SC(=NN=Cc2cc(Cl)ccc2OCc2ccccc2)NC1=O. The Hall–Kier alpha value is -2.84. The molecule has 0 aromatic heterocycles. The largest absolute Gasteiger partial charge is 0.488 e. The molecule has 2 aromatic rings. The van der Waals surface area contributed by atoms with Gasteiger partial charge < -0.3 is 15.2 Å². The fraction of sp³-hybridized carbons (Fsp3) is 0.158. The first-order valence-electron chi connectivity index (χ1n) is 8.28. The Balaban J connectivity index is 1.68. The lowest BCUT2D eigenvalue weighted by atomic mass is 10.2. The van der Waals surface area contributed by atoms with E-state index in [0.29, 0.717) is 22.9 Å². The molecule has 7 nitrogen and oxygen atoms in total. The van der Waals surface area contributed by atoms with Crippen LogP contribution in [-0.2, 0) is 16.2 Å². The van der Waals surface area contributed by atoms with Gasteiger partial charge in [-0.25, -0.2) is 0 Å². The number of halogens is 1. The van der Waals surface area contributed by atoms with Crippen molar-refractivity contribution in [3.8, 4) is 5.75 Å². The summed E-state index contributed by atoms with van der Waals surface area (Å²) in [5.74, 6) is -0.850. The van der Waals surface area contributed by atoms with Gasteiger partial charge in [0.1, 0.15) is 17.6 Å². The molecule has 1 amide bonds. The molecule has 1 saturated heterocycles. The Bertz CT molecular complexity index is 934. The van der Waals surface area contributed by atoms with E-state index in [1.807, 2.05) is 30.3 Å². The monoisotopic (exact) mass is 417 g/mol. The van der Waals surface area contributed by atoms with Gasteiger partial charge in [0.25, 0.3) is 0 Å². The van der Waals surface area contributed by atoms with Gasteiger partial charge in [0.05, 0.1) is 12.6 Å². The molecule has 1 unspecified atom stereocenters. The number of carbonyl (C=O) groups is 2. The highest BCUT2D eigenvalue weighted by molar-refractivity contribution is 8.15. The van der Waals surface area contributed by atoms with E-state index in [9.17, 15) is 9.59 Å². The lowest BCUT2D eigenvalue weighted by Gasteiger charge is -2.09. The molecule has 0 aliphatic carbocycles. The Kier molecular flexibility index (Phi) is 6.67. The van der Waals surface area contributed by atoms with Crippen molar-refractivity contribution in [2.24, 2.45) is 10.2 Å². The minimum absolute atomic E-state index is 0.251. The molecule has 1 heterocycles. The summed E-state index contributed by atoms with van der Waals surface area (Å²) in [7, 11) is 0.